The van der Waals surface area contributed by atoms with E-state index in [0.717, 1.165) is 0 Å². The number of hydrogen-bond donors (Lipinski definition) is 1. The highest BCUT2D eigenvalue weighted by atomic mass is 16.5. The van der Waals surface area contributed by atoms with Gasteiger partial charge in [-0.2, -0.15) is 5.26 Å². The van der Waals surface area contributed by atoms with E-state index in [1.165, 1.54) is 6.08 Å². The molecule has 4 rings (SSSR count). The molecular weight excluding hydrogens is 432 g/mol. The maximum absolute atomic E-state index is 12.6. The van der Waals surface area contributed by atoms with Crippen LogP contribution >= 0.6 is 0 Å². The highest BCUT2D eigenvalue weighted by molar-refractivity contribution is 5.96. The number of ether oxygens (including phenoxy) is 1. The Morgan fingerprint density at radius 3 is 2.76 bits per heavy atom. The SMILES string of the molecule is [C-]#[N+]/C(C#N)=C1\OC(C)(C)C(/C=C/c2cc3cc4c(cc3oc2=O)C#CCCC(=O)N4)=C1C#N. The summed E-state index contributed by atoms with van der Waals surface area (Å²) in [6, 6.07) is 8.66. The van der Waals surface area contributed by atoms with Gasteiger partial charge in [-0.15, -0.1) is 0 Å². The second-order valence-electron chi connectivity index (χ2n) is 8.02. The lowest BCUT2D eigenvalue weighted by atomic mass is 9.94. The standard InChI is InChI=1S/C26H16N4O4/c1-26(2)19(18(13-27)24(34-26)21(14-28)29-3)9-8-16-10-17-11-20-15(12-22(17)33-25(16)32)6-4-5-7-23(31)30-20/h8-12H,5,7H2,1-2H3,(H,30,31)/b9-8+,24-21-. The number of nitrogens with zero attached hydrogens (tertiary/aromatic N) is 3. The molecule has 0 saturated carbocycles. The van der Waals surface area contributed by atoms with Gasteiger partial charge in [0.25, 0.3) is 0 Å². The average Bonchev–Trinajstić information content (AvgIpc) is 3.04. The number of carbonyl (C=O) groups excluding carboxylic acids is 1. The monoisotopic (exact) mass is 448 g/mol. The fourth-order valence-corrected chi connectivity index (χ4v) is 3.70. The Balaban J connectivity index is 1.82. The van der Waals surface area contributed by atoms with E-state index in [1.807, 2.05) is 6.07 Å². The van der Waals surface area contributed by atoms with Gasteiger partial charge in [-0.1, -0.05) is 17.9 Å². The smallest absolute Gasteiger partial charge is 0.343 e. The van der Waals surface area contributed by atoms with E-state index in [2.05, 4.69) is 22.0 Å². The van der Waals surface area contributed by atoms with Gasteiger partial charge in [-0.25, -0.2) is 14.9 Å². The van der Waals surface area contributed by atoms with Gasteiger partial charge in [0.05, 0.1) is 35.0 Å². The molecule has 0 aliphatic carbocycles. The molecule has 1 N–H and O–H groups in total. The zero-order chi connectivity index (χ0) is 24.5. The third-order valence-corrected chi connectivity index (χ3v) is 5.35. The van der Waals surface area contributed by atoms with Crippen molar-refractivity contribution >= 4 is 28.6 Å². The molecule has 164 valence electrons. The molecule has 3 heterocycles. The number of carbonyl (C=O) groups is 1. The normalized spacial score (nSPS) is 17.8. The van der Waals surface area contributed by atoms with E-state index < -0.39 is 11.2 Å². The lowest BCUT2D eigenvalue weighted by Crippen LogP contribution is -2.20. The Morgan fingerprint density at radius 2 is 2.06 bits per heavy atom. The van der Waals surface area contributed by atoms with Gasteiger partial charge < -0.3 is 14.5 Å². The number of nitrogens with one attached hydrogen (secondary N) is 1. The quantitative estimate of drug-likeness (QED) is 0.319. The molecule has 1 amide bonds. The van der Waals surface area contributed by atoms with Crippen LogP contribution in [0.25, 0.3) is 21.9 Å². The van der Waals surface area contributed by atoms with Crippen molar-refractivity contribution in [1.29, 1.82) is 10.5 Å². The van der Waals surface area contributed by atoms with Crippen LogP contribution in [0, 0.1) is 41.1 Å². The first-order valence-electron chi connectivity index (χ1n) is 10.2. The predicted octanol–water partition coefficient (Wildman–Crippen LogP) is 4.17. The molecule has 0 saturated heterocycles. The summed E-state index contributed by atoms with van der Waals surface area (Å²) in [5, 5.41) is 22.3. The number of rotatable bonds is 2. The molecule has 1 aromatic carbocycles. The summed E-state index contributed by atoms with van der Waals surface area (Å²) in [5.41, 5.74) is 0.186. The third-order valence-electron chi connectivity index (χ3n) is 5.35. The number of fused-ring (bicyclic) bond motifs is 2. The first-order valence-corrected chi connectivity index (χ1v) is 10.2. The lowest BCUT2D eigenvalue weighted by Gasteiger charge is -2.20. The number of anilines is 1. The maximum Gasteiger partial charge on any atom is 0.343 e. The van der Waals surface area contributed by atoms with Gasteiger partial charge in [0, 0.05) is 23.8 Å². The van der Waals surface area contributed by atoms with Crippen LogP contribution in [-0.4, -0.2) is 11.5 Å². The van der Waals surface area contributed by atoms with Gasteiger partial charge in [-0.3, -0.25) is 4.79 Å². The minimum atomic E-state index is -1.00. The summed E-state index contributed by atoms with van der Waals surface area (Å²) in [7, 11) is 0. The van der Waals surface area contributed by atoms with Gasteiger partial charge in [0.2, 0.25) is 5.91 Å². The van der Waals surface area contributed by atoms with E-state index in [1.54, 1.807) is 44.2 Å². The molecule has 2 aliphatic heterocycles. The van der Waals surface area contributed by atoms with Gasteiger partial charge in [0.1, 0.15) is 17.3 Å². The van der Waals surface area contributed by atoms with Gasteiger partial charge in [-0.05, 0) is 38.1 Å². The average molecular weight is 448 g/mol. The zero-order valence-electron chi connectivity index (χ0n) is 18.3. The fraction of sp³-hybridized carbons (Fsp3) is 0.192. The van der Waals surface area contributed by atoms with Crippen LogP contribution in [0.15, 0.2) is 56.1 Å². The molecule has 1 aromatic heterocycles. The number of amides is 1. The van der Waals surface area contributed by atoms with Crippen molar-refractivity contribution in [3.63, 3.8) is 0 Å². The van der Waals surface area contributed by atoms with Crippen molar-refractivity contribution in [3.05, 3.63) is 79.8 Å². The van der Waals surface area contributed by atoms with Crippen molar-refractivity contribution in [2.75, 3.05) is 5.32 Å². The molecule has 2 aliphatic rings. The Labute approximate surface area is 194 Å². The molecule has 0 fully saturated rings. The molecule has 8 heteroatoms. The summed E-state index contributed by atoms with van der Waals surface area (Å²) < 4.78 is 11.2. The number of benzene rings is 1. The summed E-state index contributed by atoms with van der Waals surface area (Å²) >= 11 is 0. The van der Waals surface area contributed by atoms with Crippen LogP contribution in [0.2, 0.25) is 0 Å². The Kier molecular flexibility index (Phi) is 5.52. The van der Waals surface area contributed by atoms with Crippen molar-refractivity contribution in [3.8, 4) is 24.0 Å². The molecule has 0 bridgehead atoms. The first-order chi connectivity index (χ1) is 16.3. The van der Waals surface area contributed by atoms with E-state index in [9.17, 15) is 20.1 Å². The Morgan fingerprint density at radius 1 is 1.26 bits per heavy atom. The summed E-state index contributed by atoms with van der Waals surface area (Å²) in [6.07, 6.45) is 3.78. The molecule has 0 atom stereocenters. The highest BCUT2D eigenvalue weighted by Gasteiger charge is 2.38. The number of hydrogen-bond acceptors (Lipinski definition) is 6. The number of allylic oxidation sites excluding steroid dienone is 2. The second-order valence-corrected chi connectivity index (χ2v) is 8.02. The highest BCUT2D eigenvalue weighted by Crippen LogP contribution is 2.40. The fourth-order valence-electron chi connectivity index (χ4n) is 3.70. The van der Waals surface area contributed by atoms with Crippen molar-refractivity contribution < 1.29 is 13.9 Å². The van der Waals surface area contributed by atoms with E-state index in [0.29, 0.717) is 40.6 Å². The van der Waals surface area contributed by atoms with Crippen LogP contribution in [0.1, 0.15) is 37.8 Å². The van der Waals surface area contributed by atoms with Crippen molar-refractivity contribution in [2.45, 2.75) is 32.3 Å². The molecule has 0 spiro atoms. The van der Waals surface area contributed by atoms with E-state index in [-0.39, 0.29) is 28.5 Å². The van der Waals surface area contributed by atoms with Crippen LogP contribution in [0.3, 0.4) is 0 Å². The Hall–Kier alpha value is -5.05. The number of nitriles is 2. The van der Waals surface area contributed by atoms with Gasteiger partial charge in [0.15, 0.2) is 5.76 Å². The van der Waals surface area contributed by atoms with Crippen LogP contribution < -0.4 is 10.9 Å². The summed E-state index contributed by atoms with van der Waals surface area (Å²) in [4.78, 5) is 27.8. The molecule has 0 radical (unpaired) electrons. The maximum atomic E-state index is 12.6. The largest absolute Gasteiger partial charge is 0.492 e. The van der Waals surface area contributed by atoms with Crippen molar-refractivity contribution in [2.24, 2.45) is 0 Å². The first kappa shape index (κ1) is 22.2. The van der Waals surface area contributed by atoms with Crippen LogP contribution in [0.5, 0.6) is 0 Å². The zero-order valence-corrected chi connectivity index (χ0v) is 18.3. The Bertz CT molecular complexity index is 1590. The summed E-state index contributed by atoms with van der Waals surface area (Å²) in [5.74, 6) is 5.68. The topological polar surface area (TPSA) is 120 Å². The molecule has 0 unspecified atom stereocenters. The molecule has 34 heavy (non-hydrogen) atoms. The van der Waals surface area contributed by atoms with Crippen molar-refractivity contribution in [1.82, 2.24) is 0 Å². The predicted molar refractivity (Wildman–Crippen MR) is 123 cm³/mol. The second kappa shape index (κ2) is 8.47. The third kappa shape index (κ3) is 3.93. The minimum absolute atomic E-state index is 0.0571. The van der Waals surface area contributed by atoms with Gasteiger partial charge >= 0.3 is 11.3 Å². The van der Waals surface area contributed by atoms with Crippen LogP contribution in [0.4, 0.5) is 5.69 Å². The van der Waals surface area contributed by atoms with E-state index in [4.69, 9.17) is 15.7 Å². The van der Waals surface area contributed by atoms with Crippen LogP contribution in [-0.2, 0) is 9.53 Å². The summed E-state index contributed by atoms with van der Waals surface area (Å²) in [6.45, 7) is 10.5. The minimum Gasteiger partial charge on any atom is -0.492 e. The van der Waals surface area contributed by atoms with E-state index >= 15 is 0 Å². The molecular formula is C26H16N4O4. The lowest BCUT2D eigenvalue weighted by molar-refractivity contribution is -0.116. The molecule has 8 nitrogen and oxygen atoms in total. The molecule has 2 aromatic rings.